The minimum Gasteiger partial charge on any atom is -0.370 e. The van der Waals surface area contributed by atoms with Crippen LogP contribution in [0.25, 0.3) is 0 Å². The number of nitrogens with two attached hydrogens (primary N) is 1. The Balaban J connectivity index is 2.83. The van der Waals surface area contributed by atoms with Crippen LogP contribution in [-0.4, -0.2) is 13.8 Å². The van der Waals surface area contributed by atoms with E-state index in [1.807, 2.05) is 0 Å². The second-order valence-corrected chi connectivity index (χ2v) is 2.07. The number of carbonyl (C=O) groups excluding carboxylic acids is 1. The van der Waals surface area contributed by atoms with Crippen molar-refractivity contribution in [1.29, 1.82) is 0 Å². The zero-order valence-corrected chi connectivity index (χ0v) is 5.60. The molecule has 0 rings (SSSR count). The van der Waals surface area contributed by atoms with Gasteiger partial charge in [0, 0.05) is 6.42 Å². The Morgan fingerprint density at radius 2 is 2.00 bits per heavy atom. The second kappa shape index (κ2) is 5.67. The fourth-order valence-corrected chi connectivity index (χ4v) is 0.620. The molecule has 0 spiro atoms. The summed E-state index contributed by atoms with van der Waals surface area (Å²) in [4.78, 5) is 10.2. The molecule has 0 aliphatic rings. The Labute approximate surface area is 57.2 Å². The van der Waals surface area contributed by atoms with Crippen LogP contribution >= 0.6 is 0 Å². The van der Waals surface area contributed by atoms with Gasteiger partial charge < -0.3 is 5.73 Å². The van der Waals surface area contributed by atoms with E-state index in [1.165, 1.54) is 0 Å². The van der Waals surface area contributed by atoms with Crippen LogP contribution in [0, 0.1) is 0 Å². The highest BCUT2D eigenvalue weighted by molar-refractivity contribution is 6.08. The topological polar surface area (TPSA) is 43.1 Å². The van der Waals surface area contributed by atoms with Gasteiger partial charge in [-0.05, 0) is 6.42 Å². The van der Waals surface area contributed by atoms with Gasteiger partial charge in [-0.2, -0.15) is 0 Å². The summed E-state index contributed by atoms with van der Waals surface area (Å²) < 4.78 is 0. The molecule has 3 heteroatoms. The van der Waals surface area contributed by atoms with Crippen molar-refractivity contribution in [3.63, 3.8) is 0 Å². The van der Waals surface area contributed by atoms with Crippen LogP contribution in [0.5, 0.6) is 0 Å². The van der Waals surface area contributed by atoms with Gasteiger partial charge in [-0.25, -0.2) is 0 Å². The van der Waals surface area contributed by atoms with Crippen LogP contribution in [0.15, 0.2) is 0 Å². The number of hydrogen-bond donors (Lipinski definition) is 1. The van der Waals surface area contributed by atoms with Crippen molar-refractivity contribution >= 4 is 13.8 Å². The molecule has 0 saturated carbocycles. The van der Waals surface area contributed by atoms with Gasteiger partial charge in [0.05, 0.1) is 7.85 Å². The summed E-state index contributed by atoms with van der Waals surface area (Å²) in [6, 6.07) is 0. The van der Waals surface area contributed by atoms with Crippen molar-refractivity contribution < 1.29 is 4.79 Å². The van der Waals surface area contributed by atoms with E-state index < -0.39 is 0 Å². The lowest BCUT2D eigenvalue weighted by Gasteiger charge is -1.93. The normalized spacial score (nSPS) is 9.33. The Morgan fingerprint density at radius 1 is 1.33 bits per heavy atom. The molecule has 0 aromatic heterocycles. The standard InChI is InChI=1S/C6H12BNO/c7-5-3-1-2-4-6(8)9/h1-5H2,(H2,8,9). The first-order valence-corrected chi connectivity index (χ1v) is 3.25. The maximum Gasteiger partial charge on any atom is 0.217 e. The molecular weight excluding hydrogens is 113 g/mol. The lowest BCUT2D eigenvalue weighted by Crippen LogP contribution is -2.09. The van der Waals surface area contributed by atoms with Crippen molar-refractivity contribution in [2.24, 2.45) is 5.73 Å². The van der Waals surface area contributed by atoms with Crippen molar-refractivity contribution in [3.05, 3.63) is 0 Å². The van der Waals surface area contributed by atoms with Crippen LogP contribution in [0.1, 0.15) is 25.7 Å². The molecule has 1 amide bonds. The zero-order valence-electron chi connectivity index (χ0n) is 5.60. The van der Waals surface area contributed by atoms with Crippen molar-refractivity contribution in [2.75, 3.05) is 0 Å². The molecule has 0 heterocycles. The summed E-state index contributed by atoms with van der Waals surface area (Å²) in [7, 11) is 5.23. The van der Waals surface area contributed by atoms with Crippen molar-refractivity contribution in [3.8, 4) is 0 Å². The number of primary amides is 1. The summed E-state index contributed by atoms with van der Waals surface area (Å²) in [6.45, 7) is 0. The largest absolute Gasteiger partial charge is 0.370 e. The first-order valence-electron chi connectivity index (χ1n) is 3.25. The molecule has 9 heavy (non-hydrogen) atoms. The van der Waals surface area contributed by atoms with E-state index in [1.54, 1.807) is 0 Å². The quantitative estimate of drug-likeness (QED) is 0.424. The van der Waals surface area contributed by atoms with Crippen molar-refractivity contribution in [1.82, 2.24) is 0 Å². The van der Waals surface area contributed by atoms with Gasteiger partial charge >= 0.3 is 0 Å². The average Bonchev–Trinajstić information content (AvgIpc) is 1.80. The van der Waals surface area contributed by atoms with E-state index in [0.29, 0.717) is 12.7 Å². The number of amides is 1. The molecule has 0 aromatic rings. The van der Waals surface area contributed by atoms with Crippen LogP contribution < -0.4 is 5.73 Å². The van der Waals surface area contributed by atoms with Crippen LogP contribution in [0.3, 0.4) is 0 Å². The Morgan fingerprint density at radius 3 is 2.44 bits per heavy atom. The molecular formula is C6H12BNO. The molecule has 0 atom stereocenters. The fraction of sp³-hybridized carbons (Fsp3) is 0.833. The maximum absolute atomic E-state index is 10.2. The van der Waals surface area contributed by atoms with Crippen LogP contribution in [0.2, 0.25) is 6.32 Å². The van der Waals surface area contributed by atoms with E-state index in [0.717, 1.165) is 19.3 Å². The molecule has 0 bridgehead atoms. The minimum absolute atomic E-state index is 0.216. The monoisotopic (exact) mass is 125 g/mol. The SMILES string of the molecule is [B]CCCCCC(N)=O. The predicted octanol–water partition coefficient (Wildman–Crippen LogP) is 0.619. The van der Waals surface area contributed by atoms with Crippen molar-refractivity contribution in [2.45, 2.75) is 32.0 Å². The number of rotatable bonds is 5. The maximum atomic E-state index is 10.2. The average molecular weight is 125 g/mol. The summed E-state index contributed by atoms with van der Waals surface area (Å²) in [6.07, 6.45) is 4.10. The third-order valence-corrected chi connectivity index (χ3v) is 1.13. The molecule has 0 unspecified atom stereocenters. The molecule has 50 valence electrons. The number of carbonyl (C=O) groups is 1. The van der Waals surface area contributed by atoms with Gasteiger partial charge in [0.15, 0.2) is 0 Å². The predicted molar refractivity (Wildman–Crippen MR) is 38.2 cm³/mol. The lowest BCUT2D eigenvalue weighted by atomic mass is 9.99. The van der Waals surface area contributed by atoms with Crippen LogP contribution in [0.4, 0.5) is 0 Å². The van der Waals surface area contributed by atoms with Gasteiger partial charge in [-0.3, -0.25) is 4.79 Å². The fourth-order valence-electron chi connectivity index (χ4n) is 0.620. The Hall–Kier alpha value is -0.465. The molecule has 0 aliphatic carbocycles. The lowest BCUT2D eigenvalue weighted by molar-refractivity contribution is -0.118. The van der Waals surface area contributed by atoms with Gasteiger partial charge in [-0.15, -0.1) is 0 Å². The molecule has 2 radical (unpaired) electrons. The summed E-state index contributed by atoms with van der Waals surface area (Å²) in [5, 5.41) is 0. The second-order valence-electron chi connectivity index (χ2n) is 2.07. The van der Waals surface area contributed by atoms with Gasteiger partial charge in [0.25, 0.3) is 0 Å². The zero-order chi connectivity index (χ0) is 7.11. The molecule has 2 nitrogen and oxygen atoms in total. The van der Waals surface area contributed by atoms with Crippen LogP contribution in [-0.2, 0) is 4.79 Å². The highest BCUT2D eigenvalue weighted by atomic mass is 16.1. The number of unbranched alkanes of at least 4 members (excludes halogenated alkanes) is 2. The summed E-state index contributed by atoms with van der Waals surface area (Å²) in [5.74, 6) is -0.216. The molecule has 2 N–H and O–H groups in total. The highest BCUT2D eigenvalue weighted by Gasteiger charge is 1.91. The Bertz CT molecular complexity index is 85.1. The highest BCUT2D eigenvalue weighted by Crippen LogP contribution is 2.00. The molecule has 0 fully saturated rings. The number of hydrogen-bond acceptors (Lipinski definition) is 1. The first kappa shape index (κ1) is 8.53. The van der Waals surface area contributed by atoms with E-state index in [9.17, 15) is 4.79 Å². The third-order valence-electron chi connectivity index (χ3n) is 1.13. The molecule has 0 aromatic carbocycles. The minimum atomic E-state index is -0.216. The smallest absolute Gasteiger partial charge is 0.217 e. The Kier molecular flexibility index (Phi) is 5.37. The molecule has 0 saturated heterocycles. The van der Waals surface area contributed by atoms with E-state index >= 15 is 0 Å². The summed E-state index contributed by atoms with van der Waals surface area (Å²) in [5.41, 5.74) is 4.90. The van der Waals surface area contributed by atoms with Gasteiger partial charge in [0.2, 0.25) is 5.91 Å². The van der Waals surface area contributed by atoms with E-state index in [4.69, 9.17) is 13.6 Å². The van der Waals surface area contributed by atoms with E-state index in [-0.39, 0.29) is 5.91 Å². The van der Waals surface area contributed by atoms with Gasteiger partial charge in [0.1, 0.15) is 0 Å². The third kappa shape index (κ3) is 7.53. The first-order chi connectivity index (χ1) is 4.27. The van der Waals surface area contributed by atoms with E-state index in [2.05, 4.69) is 0 Å². The van der Waals surface area contributed by atoms with Gasteiger partial charge in [-0.1, -0.05) is 19.2 Å². The molecule has 0 aliphatic heterocycles. The summed E-state index contributed by atoms with van der Waals surface area (Å²) >= 11 is 0.